The number of carbonyl (C=O) groups is 1. The summed E-state index contributed by atoms with van der Waals surface area (Å²) in [6.07, 6.45) is 8.05. The molecular formula is C21H30ClN3O3. The first-order chi connectivity index (χ1) is 13.4. The SMILES string of the molecule is CC(=O)N[C@@H](C)CO[C@H]1C[C@H](COc2nccc(N3CC4(CCC4)C3)c2Cl)C1. The Kier molecular flexibility index (Phi) is 5.70. The lowest BCUT2D eigenvalue weighted by molar-refractivity contribution is -0.120. The summed E-state index contributed by atoms with van der Waals surface area (Å²) in [5, 5.41) is 3.46. The minimum atomic E-state index is -0.0244. The monoisotopic (exact) mass is 407 g/mol. The standard InChI is InChI=1S/C21H30ClN3O3/c1-14(24-15(2)26)10-27-17-8-16(9-17)11-28-20-19(22)18(4-7-23-20)25-12-21(13-25)5-3-6-21/h4,7,14,16-17H,3,5-6,8-13H2,1-2H3,(H,24,26)/t14-,16-,17-/m0/s1. The Balaban J connectivity index is 1.19. The van der Waals surface area contributed by atoms with Crippen LogP contribution in [0.3, 0.4) is 0 Å². The van der Waals surface area contributed by atoms with Crippen LogP contribution in [0.2, 0.25) is 5.02 Å². The fourth-order valence-electron chi connectivity index (χ4n) is 4.50. The molecule has 0 bridgehead atoms. The van der Waals surface area contributed by atoms with Crippen molar-refractivity contribution >= 4 is 23.2 Å². The predicted molar refractivity (Wildman–Crippen MR) is 109 cm³/mol. The molecule has 1 spiro atoms. The van der Waals surface area contributed by atoms with E-state index >= 15 is 0 Å². The van der Waals surface area contributed by atoms with Crippen LogP contribution in [-0.4, -0.2) is 49.3 Å². The molecule has 0 radical (unpaired) electrons. The average molecular weight is 408 g/mol. The van der Waals surface area contributed by atoms with Crippen LogP contribution < -0.4 is 15.0 Å². The number of amides is 1. The molecule has 2 heterocycles. The summed E-state index contributed by atoms with van der Waals surface area (Å²) in [5.74, 6) is 0.978. The van der Waals surface area contributed by atoms with Gasteiger partial charge in [-0.3, -0.25) is 4.79 Å². The molecule has 7 heteroatoms. The van der Waals surface area contributed by atoms with E-state index in [2.05, 4.69) is 15.2 Å². The van der Waals surface area contributed by atoms with Gasteiger partial charge < -0.3 is 19.7 Å². The van der Waals surface area contributed by atoms with Crippen molar-refractivity contribution in [1.29, 1.82) is 0 Å². The second kappa shape index (κ2) is 8.07. The van der Waals surface area contributed by atoms with Crippen LogP contribution in [0.5, 0.6) is 5.88 Å². The van der Waals surface area contributed by atoms with Crippen molar-refractivity contribution in [2.45, 2.75) is 58.1 Å². The van der Waals surface area contributed by atoms with Gasteiger partial charge in [0.1, 0.15) is 5.02 Å². The number of hydrogen-bond donors (Lipinski definition) is 1. The molecule has 0 unspecified atom stereocenters. The molecule has 6 nitrogen and oxygen atoms in total. The number of ether oxygens (including phenoxy) is 2. The summed E-state index contributed by atoms with van der Waals surface area (Å²) in [7, 11) is 0. The summed E-state index contributed by atoms with van der Waals surface area (Å²) >= 11 is 6.58. The molecule has 2 saturated carbocycles. The van der Waals surface area contributed by atoms with Crippen LogP contribution in [0.25, 0.3) is 0 Å². The van der Waals surface area contributed by atoms with E-state index in [9.17, 15) is 4.79 Å². The Morgan fingerprint density at radius 2 is 2.18 bits per heavy atom. The lowest BCUT2D eigenvalue weighted by atomic mass is 9.63. The van der Waals surface area contributed by atoms with Crippen molar-refractivity contribution in [1.82, 2.24) is 10.3 Å². The zero-order valence-electron chi connectivity index (χ0n) is 16.7. The molecule has 154 valence electrons. The number of aromatic nitrogens is 1. The number of carbonyl (C=O) groups excluding carboxylic acids is 1. The molecule has 1 atom stereocenters. The molecule has 28 heavy (non-hydrogen) atoms. The molecule has 1 aliphatic heterocycles. The fraction of sp³-hybridized carbons (Fsp3) is 0.714. The molecular weight excluding hydrogens is 378 g/mol. The Hall–Kier alpha value is -1.53. The van der Waals surface area contributed by atoms with E-state index in [1.807, 2.05) is 13.0 Å². The van der Waals surface area contributed by atoms with Crippen molar-refractivity contribution in [2.24, 2.45) is 11.3 Å². The third-order valence-electron chi connectivity index (χ3n) is 6.32. The van der Waals surface area contributed by atoms with Gasteiger partial charge >= 0.3 is 0 Å². The number of nitrogens with zero attached hydrogens (tertiary/aromatic N) is 2. The Labute approximate surface area is 171 Å². The van der Waals surface area contributed by atoms with Crippen LogP contribution >= 0.6 is 11.6 Å². The largest absolute Gasteiger partial charge is 0.476 e. The molecule has 4 rings (SSSR count). The molecule has 1 amide bonds. The van der Waals surface area contributed by atoms with Gasteiger partial charge in [0.15, 0.2) is 0 Å². The second-order valence-corrected chi connectivity index (χ2v) is 9.24. The van der Waals surface area contributed by atoms with Crippen molar-refractivity contribution in [2.75, 3.05) is 31.2 Å². The zero-order valence-corrected chi connectivity index (χ0v) is 17.5. The Morgan fingerprint density at radius 1 is 1.43 bits per heavy atom. The topological polar surface area (TPSA) is 63.7 Å². The van der Waals surface area contributed by atoms with E-state index in [0.29, 0.717) is 35.4 Å². The minimum absolute atomic E-state index is 0.0244. The highest BCUT2D eigenvalue weighted by Crippen LogP contribution is 2.51. The second-order valence-electron chi connectivity index (χ2n) is 8.86. The highest BCUT2D eigenvalue weighted by atomic mass is 35.5. The first-order valence-electron chi connectivity index (χ1n) is 10.3. The summed E-state index contributed by atoms with van der Waals surface area (Å²) < 4.78 is 11.8. The van der Waals surface area contributed by atoms with Gasteiger partial charge in [-0.2, -0.15) is 0 Å². The first kappa shape index (κ1) is 19.8. The average Bonchev–Trinajstić information content (AvgIpc) is 2.52. The van der Waals surface area contributed by atoms with Crippen LogP contribution in [0.15, 0.2) is 12.3 Å². The Bertz CT molecular complexity index is 711. The number of halogens is 1. The van der Waals surface area contributed by atoms with Crippen molar-refractivity contribution in [3.8, 4) is 5.88 Å². The van der Waals surface area contributed by atoms with E-state index in [0.717, 1.165) is 31.6 Å². The van der Waals surface area contributed by atoms with Crippen LogP contribution in [-0.2, 0) is 9.53 Å². The lowest BCUT2D eigenvalue weighted by Crippen LogP contribution is -2.59. The van der Waals surface area contributed by atoms with E-state index in [-0.39, 0.29) is 18.1 Å². The summed E-state index contributed by atoms with van der Waals surface area (Å²) in [5.41, 5.74) is 1.61. The number of pyridine rings is 1. The summed E-state index contributed by atoms with van der Waals surface area (Å²) in [6.45, 7) is 6.84. The van der Waals surface area contributed by atoms with Gasteiger partial charge in [-0.25, -0.2) is 4.98 Å². The molecule has 3 fully saturated rings. The predicted octanol–water partition coefficient (Wildman–Crippen LogP) is 3.42. The minimum Gasteiger partial charge on any atom is -0.476 e. The van der Waals surface area contributed by atoms with Crippen molar-refractivity contribution in [3.63, 3.8) is 0 Å². The van der Waals surface area contributed by atoms with E-state index in [1.165, 1.54) is 26.2 Å². The van der Waals surface area contributed by atoms with Gasteiger partial charge in [0.25, 0.3) is 0 Å². The molecule has 1 saturated heterocycles. The van der Waals surface area contributed by atoms with Gasteiger partial charge in [0.2, 0.25) is 11.8 Å². The summed E-state index contributed by atoms with van der Waals surface area (Å²) in [4.78, 5) is 17.7. The molecule has 1 aromatic rings. The quantitative estimate of drug-likeness (QED) is 0.715. The van der Waals surface area contributed by atoms with Crippen LogP contribution in [0, 0.1) is 11.3 Å². The number of hydrogen-bond acceptors (Lipinski definition) is 5. The molecule has 0 aromatic carbocycles. The molecule has 3 aliphatic rings. The van der Waals surface area contributed by atoms with Gasteiger partial charge in [-0.1, -0.05) is 18.0 Å². The van der Waals surface area contributed by atoms with E-state index < -0.39 is 0 Å². The highest BCUT2D eigenvalue weighted by molar-refractivity contribution is 6.34. The lowest BCUT2D eigenvalue weighted by Gasteiger charge is -2.57. The maximum Gasteiger partial charge on any atom is 0.234 e. The fourth-order valence-corrected chi connectivity index (χ4v) is 4.79. The third kappa shape index (κ3) is 4.23. The van der Waals surface area contributed by atoms with Crippen LogP contribution in [0.1, 0.15) is 46.0 Å². The molecule has 1 aromatic heterocycles. The number of anilines is 1. The number of nitrogens with one attached hydrogen (secondary N) is 1. The number of rotatable bonds is 8. The van der Waals surface area contributed by atoms with Crippen LogP contribution in [0.4, 0.5) is 5.69 Å². The maximum atomic E-state index is 11.0. The normalized spacial score (nSPS) is 26.0. The van der Waals surface area contributed by atoms with Crippen molar-refractivity contribution < 1.29 is 14.3 Å². The first-order valence-corrected chi connectivity index (χ1v) is 10.7. The summed E-state index contributed by atoms with van der Waals surface area (Å²) in [6, 6.07) is 2.03. The van der Waals surface area contributed by atoms with Crippen molar-refractivity contribution in [3.05, 3.63) is 17.3 Å². The molecule has 1 N–H and O–H groups in total. The highest BCUT2D eigenvalue weighted by Gasteiger charge is 2.47. The van der Waals surface area contributed by atoms with Gasteiger partial charge in [0.05, 0.1) is 25.0 Å². The van der Waals surface area contributed by atoms with E-state index in [4.69, 9.17) is 21.1 Å². The smallest absolute Gasteiger partial charge is 0.234 e. The van der Waals surface area contributed by atoms with Gasteiger partial charge in [0, 0.05) is 37.7 Å². The molecule has 2 aliphatic carbocycles. The third-order valence-corrected chi connectivity index (χ3v) is 6.68. The van der Waals surface area contributed by atoms with Gasteiger partial charge in [-0.15, -0.1) is 0 Å². The van der Waals surface area contributed by atoms with E-state index in [1.54, 1.807) is 6.20 Å². The zero-order chi connectivity index (χ0) is 19.7. The van der Waals surface area contributed by atoms with Gasteiger partial charge in [-0.05, 0) is 44.6 Å². The maximum absolute atomic E-state index is 11.0. The Morgan fingerprint density at radius 3 is 2.82 bits per heavy atom.